The molecule has 1 unspecified atom stereocenters. The maximum Gasteiger partial charge on any atom is 0.256 e. The molecule has 0 saturated heterocycles. The van der Waals surface area contributed by atoms with E-state index in [4.69, 9.17) is 9.97 Å². The summed E-state index contributed by atoms with van der Waals surface area (Å²) >= 11 is 0. The van der Waals surface area contributed by atoms with Crippen LogP contribution >= 0.6 is 9.24 Å². The van der Waals surface area contributed by atoms with Crippen LogP contribution in [0.3, 0.4) is 0 Å². The molecule has 37 heavy (non-hydrogen) atoms. The summed E-state index contributed by atoms with van der Waals surface area (Å²) in [6.45, 7) is 13.8. The molecule has 0 bridgehead atoms. The van der Waals surface area contributed by atoms with E-state index in [1.54, 1.807) is 24.3 Å². The van der Waals surface area contributed by atoms with E-state index in [9.17, 15) is 4.79 Å². The molecule has 0 radical (unpaired) electrons. The van der Waals surface area contributed by atoms with Crippen molar-refractivity contribution in [2.75, 3.05) is 31.5 Å². The van der Waals surface area contributed by atoms with Crippen molar-refractivity contribution in [3.05, 3.63) is 82.4 Å². The molecule has 0 aliphatic carbocycles. The van der Waals surface area contributed by atoms with Gasteiger partial charge >= 0.3 is 0 Å². The Morgan fingerprint density at radius 2 is 1.92 bits per heavy atom. The molecule has 4 aromatic rings. The third kappa shape index (κ3) is 5.63. The first-order valence-electron chi connectivity index (χ1n) is 12.6. The zero-order valence-electron chi connectivity index (χ0n) is 21.6. The number of halogens is 1. The van der Waals surface area contributed by atoms with Gasteiger partial charge in [0.25, 0.3) is 5.56 Å². The van der Waals surface area contributed by atoms with Gasteiger partial charge in [-0.25, -0.2) is 9.37 Å². The highest BCUT2D eigenvalue weighted by atomic mass is 31.0. The molecular formula is C29H33FN5OP. The summed E-state index contributed by atoms with van der Waals surface area (Å²) in [5.74, 6) is -0.104. The van der Waals surface area contributed by atoms with Gasteiger partial charge < -0.3 is 10.2 Å². The molecule has 0 aliphatic heterocycles. The van der Waals surface area contributed by atoms with Crippen LogP contribution in [0.25, 0.3) is 34.1 Å². The highest BCUT2D eigenvalue weighted by molar-refractivity contribution is 7.27. The SMILES string of the molecule is C=Cc1ccc(C)c(-c2nc(NCCCN(CC)CC)nc3c2ccc(=O)n3-c2c(F)cccc2P)c1. The summed E-state index contributed by atoms with van der Waals surface area (Å²) in [5, 5.41) is 4.56. The topological polar surface area (TPSA) is 63.1 Å². The molecule has 0 fully saturated rings. The van der Waals surface area contributed by atoms with Gasteiger partial charge in [-0.3, -0.25) is 9.36 Å². The fourth-order valence-electron chi connectivity index (χ4n) is 4.45. The second-order valence-electron chi connectivity index (χ2n) is 8.90. The Hall–Kier alpha value is -3.41. The largest absolute Gasteiger partial charge is 0.354 e. The van der Waals surface area contributed by atoms with Crippen molar-refractivity contribution < 1.29 is 4.39 Å². The first kappa shape index (κ1) is 26.6. The van der Waals surface area contributed by atoms with Crippen molar-refractivity contribution in [3.63, 3.8) is 0 Å². The number of hydrogen-bond donors (Lipinski definition) is 1. The van der Waals surface area contributed by atoms with Crippen LogP contribution in [0.5, 0.6) is 0 Å². The number of nitrogens with one attached hydrogen (secondary N) is 1. The van der Waals surface area contributed by atoms with Crippen LogP contribution in [-0.2, 0) is 0 Å². The zero-order valence-corrected chi connectivity index (χ0v) is 22.7. The van der Waals surface area contributed by atoms with Crippen molar-refractivity contribution in [3.8, 4) is 16.9 Å². The number of fused-ring (bicyclic) bond motifs is 1. The van der Waals surface area contributed by atoms with Crippen molar-refractivity contribution in [2.45, 2.75) is 27.2 Å². The van der Waals surface area contributed by atoms with E-state index in [-0.39, 0.29) is 11.2 Å². The summed E-state index contributed by atoms with van der Waals surface area (Å²) in [6, 6.07) is 13.9. The van der Waals surface area contributed by atoms with Crippen molar-refractivity contribution in [1.82, 2.24) is 19.4 Å². The zero-order chi connectivity index (χ0) is 26.5. The van der Waals surface area contributed by atoms with Gasteiger partial charge in [0.2, 0.25) is 5.95 Å². The number of aryl methyl sites for hydroxylation is 1. The molecule has 4 rings (SSSR count). The minimum Gasteiger partial charge on any atom is -0.354 e. The molecular weight excluding hydrogens is 484 g/mol. The minimum absolute atomic E-state index is 0.164. The number of rotatable bonds is 10. The summed E-state index contributed by atoms with van der Waals surface area (Å²) < 4.78 is 16.4. The molecule has 8 heteroatoms. The lowest BCUT2D eigenvalue weighted by Gasteiger charge is -2.19. The quantitative estimate of drug-likeness (QED) is 0.232. The predicted octanol–water partition coefficient (Wildman–Crippen LogP) is 5.18. The van der Waals surface area contributed by atoms with Crippen LogP contribution in [0, 0.1) is 12.7 Å². The Morgan fingerprint density at radius 1 is 1.14 bits per heavy atom. The molecule has 0 aliphatic rings. The van der Waals surface area contributed by atoms with Gasteiger partial charge in [-0.2, -0.15) is 4.98 Å². The monoisotopic (exact) mass is 517 g/mol. The maximum atomic E-state index is 15.1. The van der Waals surface area contributed by atoms with Gasteiger partial charge in [0, 0.05) is 23.6 Å². The van der Waals surface area contributed by atoms with E-state index in [1.165, 1.54) is 16.7 Å². The maximum absolute atomic E-state index is 15.1. The van der Waals surface area contributed by atoms with E-state index in [0.29, 0.717) is 34.5 Å². The van der Waals surface area contributed by atoms with E-state index in [2.05, 4.69) is 39.9 Å². The number of anilines is 1. The number of nitrogens with zero attached hydrogens (tertiary/aromatic N) is 4. The number of para-hydroxylation sites is 1. The van der Waals surface area contributed by atoms with Crippen molar-refractivity contribution in [2.24, 2.45) is 0 Å². The fraction of sp³-hybridized carbons (Fsp3) is 0.276. The highest BCUT2D eigenvalue weighted by Gasteiger charge is 2.19. The number of pyridine rings is 1. The van der Waals surface area contributed by atoms with Gasteiger partial charge in [-0.1, -0.05) is 50.8 Å². The second kappa shape index (κ2) is 11.8. The van der Waals surface area contributed by atoms with Gasteiger partial charge in [0.05, 0.1) is 11.4 Å². The van der Waals surface area contributed by atoms with Crippen LogP contribution < -0.4 is 16.2 Å². The number of hydrogen-bond acceptors (Lipinski definition) is 5. The molecule has 0 spiro atoms. The van der Waals surface area contributed by atoms with Crippen LogP contribution in [0.4, 0.5) is 10.3 Å². The lowest BCUT2D eigenvalue weighted by Crippen LogP contribution is -2.26. The molecule has 0 saturated carbocycles. The lowest BCUT2D eigenvalue weighted by atomic mass is 10.00. The van der Waals surface area contributed by atoms with E-state index >= 15 is 4.39 Å². The first-order valence-corrected chi connectivity index (χ1v) is 13.1. The average Bonchev–Trinajstić information content (AvgIpc) is 2.89. The average molecular weight is 518 g/mol. The van der Waals surface area contributed by atoms with Crippen LogP contribution in [0.2, 0.25) is 0 Å². The first-order chi connectivity index (χ1) is 17.9. The Morgan fingerprint density at radius 3 is 2.62 bits per heavy atom. The van der Waals surface area contributed by atoms with E-state index < -0.39 is 5.82 Å². The third-order valence-electron chi connectivity index (χ3n) is 6.57. The summed E-state index contributed by atoms with van der Waals surface area (Å²) in [4.78, 5) is 25.1. The molecule has 192 valence electrons. The molecule has 2 heterocycles. The molecule has 2 aromatic carbocycles. The molecule has 6 nitrogen and oxygen atoms in total. The standard InChI is InChI=1S/C29H33FN5OP/c1-5-20-13-12-19(4)22(18-20)26-21-14-15-25(36)35(27-23(30)10-8-11-24(27)37)28(21)33-29(32-26)31-16-9-17-34(6-2)7-3/h5,8,10-15,18H,1,6-7,9,16-17,37H2,2-4H3,(H,31,32,33). The molecule has 1 N–H and O–H groups in total. The minimum atomic E-state index is -0.499. The van der Waals surface area contributed by atoms with Gasteiger partial charge in [-0.05, 0) is 67.6 Å². The Bertz CT molecular complexity index is 1480. The lowest BCUT2D eigenvalue weighted by molar-refractivity contribution is 0.303. The van der Waals surface area contributed by atoms with Gasteiger partial charge in [-0.15, -0.1) is 9.24 Å². The van der Waals surface area contributed by atoms with E-state index in [1.807, 2.05) is 25.1 Å². The summed E-state index contributed by atoms with van der Waals surface area (Å²) in [7, 11) is 2.51. The predicted molar refractivity (Wildman–Crippen MR) is 156 cm³/mol. The summed E-state index contributed by atoms with van der Waals surface area (Å²) in [6.07, 6.45) is 2.70. The molecule has 0 amide bonds. The van der Waals surface area contributed by atoms with Gasteiger partial charge in [0.15, 0.2) is 5.65 Å². The smallest absolute Gasteiger partial charge is 0.256 e. The number of aromatic nitrogens is 3. The number of benzene rings is 2. The van der Waals surface area contributed by atoms with Crippen LogP contribution in [0.15, 0.2) is 59.9 Å². The normalized spacial score (nSPS) is 11.3. The second-order valence-corrected chi connectivity index (χ2v) is 9.53. The fourth-order valence-corrected chi connectivity index (χ4v) is 4.83. The highest BCUT2D eigenvalue weighted by Crippen LogP contribution is 2.31. The Labute approximate surface area is 219 Å². The molecule has 1 atom stereocenters. The van der Waals surface area contributed by atoms with Crippen LogP contribution in [-0.4, -0.2) is 45.6 Å². The summed E-state index contributed by atoms with van der Waals surface area (Å²) in [5.41, 5.74) is 3.70. The molecule has 2 aromatic heterocycles. The van der Waals surface area contributed by atoms with Crippen molar-refractivity contribution >= 4 is 37.6 Å². The van der Waals surface area contributed by atoms with Crippen LogP contribution in [0.1, 0.15) is 31.4 Å². The third-order valence-corrected chi connectivity index (χ3v) is 7.04. The van der Waals surface area contributed by atoms with Gasteiger partial charge in [0.1, 0.15) is 5.82 Å². The Kier molecular flexibility index (Phi) is 8.47. The Balaban J connectivity index is 1.92. The van der Waals surface area contributed by atoms with Crippen molar-refractivity contribution in [1.29, 1.82) is 0 Å². The van der Waals surface area contributed by atoms with E-state index in [0.717, 1.165) is 42.7 Å².